The number of esters is 2. The normalized spacial score (nSPS) is 10.0. The van der Waals surface area contributed by atoms with E-state index in [-0.39, 0.29) is 11.1 Å². The average Bonchev–Trinajstić information content (AvgIpc) is 2.65. The van der Waals surface area contributed by atoms with Crippen molar-refractivity contribution in [2.75, 3.05) is 28.4 Å². The molecule has 0 spiro atoms. The van der Waals surface area contributed by atoms with Crippen LogP contribution in [-0.4, -0.2) is 40.4 Å². The molecule has 0 unspecified atom stereocenters. The minimum atomic E-state index is -0.613. The summed E-state index contributed by atoms with van der Waals surface area (Å²) in [6, 6.07) is 10.2. The van der Waals surface area contributed by atoms with E-state index in [9.17, 15) is 9.59 Å². The molecule has 24 heavy (non-hydrogen) atoms. The molecule has 0 aliphatic rings. The fraction of sp³-hybridized carbons (Fsp3) is 0.222. The lowest BCUT2D eigenvalue weighted by molar-refractivity contribution is 0.0555. The molecule has 126 valence electrons. The number of rotatable bonds is 5. The maximum Gasteiger partial charge on any atom is 0.338 e. The number of ether oxygens (including phenoxy) is 4. The molecule has 0 aliphatic heterocycles. The van der Waals surface area contributed by atoms with Crippen molar-refractivity contribution >= 4 is 11.9 Å². The van der Waals surface area contributed by atoms with Crippen molar-refractivity contribution in [2.45, 2.75) is 0 Å². The van der Waals surface area contributed by atoms with Gasteiger partial charge in [0.25, 0.3) is 0 Å². The number of carbonyl (C=O) groups is 2. The number of benzene rings is 2. The SMILES string of the molecule is COC(=O)c1ccc(-c2ccc(OC)c(OC)c2)cc1C(=O)OC. The third kappa shape index (κ3) is 3.32. The van der Waals surface area contributed by atoms with E-state index in [2.05, 4.69) is 0 Å². The van der Waals surface area contributed by atoms with Gasteiger partial charge in [-0.2, -0.15) is 0 Å². The first-order chi connectivity index (χ1) is 11.5. The molecule has 0 bridgehead atoms. The lowest BCUT2D eigenvalue weighted by Gasteiger charge is -2.12. The van der Waals surface area contributed by atoms with Crippen LogP contribution in [-0.2, 0) is 9.47 Å². The van der Waals surface area contributed by atoms with Crippen LogP contribution in [0.4, 0.5) is 0 Å². The zero-order valence-corrected chi connectivity index (χ0v) is 13.9. The monoisotopic (exact) mass is 330 g/mol. The maximum atomic E-state index is 12.0. The zero-order valence-electron chi connectivity index (χ0n) is 13.9. The Morgan fingerprint density at radius 3 is 1.79 bits per heavy atom. The largest absolute Gasteiger partial charge is 0.493 e. The Morgan fingerprint density at radius 1 is 0.667 bits per heavy atom. The van der Waals surface area contributed by atoms with Crippen molar-refractivity contribution in [3.05, 3.63) is 47.5 Å². The zero-order chi connectivity index (χ0) is 17.7. The molecule has 2 aromatic carbocycles. The highest BCUT2D eigenvalue weighted by Crippen LogP contribution is 2.33. The summed E-state index contributed by atoms with van der Waals surface area (Å²) in [6.45, 7) is 0. The van der Waals surface area contributed by atoms with Gasteiger partial charge in [-0.25, -0.2) is 9.59 Å². The number of carbonyl (C=O) groups excluding carboxylic acids is 2. The van der Waals surface area contributed by atoms with Crippen LogP contribution in [0.2, 0.25) is 0 Å². The van der Waals surface area contributed by atoms with Crippen LogP contribution in [0.25, 0.3) is 11.1 Å². The Morgan fingerprint density at radius 2 is 1.21 bits per heavy atom. The van der Waals surface area contributed by atoms with E-state index in [0.29, 0.717) is 11.5 Å². The first-order valence-electron chi connectivity index (χ1n) is 7.08. The van der Waals surface area contributed by atoms with Crippen molar-refractivity contribution in [2.24, 2.45) is 0 Å². The van der Waals surface area contributed by atoms with Crippen LogP contribution >= 0.6 is 0 Å². The summed E-state index contributed by atoms with van der Waals surface area (Å²) in [5.74, 6) is -0.0562. The Kier molecular flexibility index (Phi) is 5.42. The Labute approximate surface area is 139 Å². The molecule has 0 aliphatic carbocycles. The predicted molar refractivity (Wildman–Crippen MR) is 87.7 cm³/mol. The molecule has 6 nitrogen and oxygen atoms in total. The molecule has 0 heterocycles. The Bertz CT molecular complexity index is 766. The van der Waals surface area contributed by atoms with E-state index in [1.807, 2.05) is 6.07 Å². The third-order valence-electron chi connectivity index (χ3n) is 3.55. The summed E-state index contributed by atoms with van der Waals surface area (Å²) in [5, 5.41) is 0. The summed E-state index contributed by atoms with van der Waals surface area (Å²) in [5.41, 5.74) is 1.81. The van der Waals surface area contributed by atoms with Crippen molar-refractivity contribution in [3.63, 3.8) is 0 Å². The highest BCUT2D eigenvalue weighted by molar-refractivity contribution is 6.04. The number of methoxy groups -OCH3 is 4. The second-order valence-corrected chi connectivity index (χ2v) is 4.81. The minimum Gasteiger partial charge on any atom is -0.493 e. The molecular weight excluding hydrogens is 312 g/mol. The number of hydrogen-bond acceptors (Lipinski definition) is 6. The van der Waals surface area contributed by atoms with Gasteiger partial charge in [-0.1, -0.05) is 12.1 Å². The van der Waals surface area contributed by atoms with Crippen LogP contribution in [0.5, 0.6) is 11.5 Å². The van der Waals surface area contributed by atoms with Gasteiger partial charge < -0.3 is 18.9 Å². The lowest BCUT2D eigenvalue weighted by Crippen LogP contribution is -2.11. The Hall–Kier alpha value is -3.02. The predicted octanol–water partition coefficient (Wildman–Crippen LogP) is 2.94. The molecule has 0 saturated heterocycles. The van der Waals surface area contributed by atoms with Crippen molar-refractivity contribution < 1.29 is 28.5 Å². The molecule has 2 rings (SSSR count). The highest BCUT2D eigenvalue weighted by atomic mass is 16.5. The van der Waals surface area contributed by atoms with Gasteiger partial charge in [0.2, 0.25) is 0 Å². The second kappa shape index (κ2) is 7.50. The van der Waals surface area contributed by atoms with Gasteiger partial charge >= 0.3 is 11.9 Å². The van der Waals surface area contributed by atoms with Gasteiger partial charge in [0.05, 0.1) is 39.6 Å². The van der Waals surface area contributed by atoms with E-state index in [4.69, 9.17) is 18.9 Å². The Balaban J connectivity index is 2.56. The minimum absolute atomic E-state index is 0.136. The third-order valence-corrected chi connectivity index (χ3v) is 3.55. The van der Waals surface area contributed by atoms with E-state index in [1.165, 1.54) is 20.3 Å². The molecule has 2 aromatic rings. The molecule has 0 N–H and O–H groups in total. The van der Waals surface area contributed by atoms with E-state index < -0.39 is 11.9 Å². The van der Waals surface area contributed by atoms with Crippen LogP contribution in [0, 0.1) is 0 Å². The van der Waals surface area contributed by atoms with E-state index in [0.717, 1.165) is 11.1 Å². The molecule has 0 aromatic heterocycles. The van der Waals surface area contributed by atoms with E-state index >= 15 is 0 Å². The van der Waals surface area contributed by atoms with Crippen LogP contribution in [0.1, 0.15) is 20.7 Å². The van der Waals surface area contributed by atoms with Gasteiger partial charge in [-0.15, -0.1) is 0 Å². The molecular formula is C18H18O6. The lowest BCUT2D eigenvalue weighted by atomic mass is 9.98. The topological polar surface area (TPSA) is 71.1 Å². The van der Waals surface area contributed by atoms with Crippen molar-refractivity contribution in [3.8, 4) is 22.6 Å². The first-order valence-corrected chi connectivity index (χ1v) is 7.08. The molecule has 6 heteroatoms. The van der Waals surface area contributed by atoms with E-state index in [1.54, 1.807) is 38.5 Å². The van der Waals surface area contributed by atoms with Gasteiger partial charge in [0.15, 0.2) is 11.5 Å². The summed E-state index contributed by atoms with van der Waals surface area (Å²) in [4.78, 5) is 23.8. The van der Waals surface area contributed by atoms with Gasteiger partial charge in [-0.05, 0) is 35.4 Å². The summed E-state index contributed by atoms with van der Waals surface area (Å²) >= 11 is 0. The molecule has 0 radical (unpaired) electrons. The van der Waals surface area contributed by atoms with Crippen LogP contribution in [0.3, 0.4) is 0 Å². The van der Waals surface area contributed by atoms with Gasteiger partial charge in [0, 0.05) is 0 Å². The maximum absolute atomic E-state index is 12.0. The fourth-order valence-corrected chi connectivity index (χ4v) is 2.31. The van der Waals surface area contributed by atoms with Gasteiger partial charge in [0.1, 0.15) is 0 Å². The summed E-state index contributed by atoms with van der Waals surface area (Å²) < 4.78 is 20.0. The first kappa shape index (κ1) is 17.3. The summed E-state index contributed by atoms with van der Waals surface area (Å²) in [7, 11) is 5.61. The van der Waals surface area contributed by atoms with Crippen LogP contribution < -0.4 is 9.47 Å². The van der Waals surface area contributed by atoms with Crippen molar-refractivity contribution in [1.82, 2.24) is 0 Å². The van der Waals surface area contributed by atoms with Gasteiger partial charge in [-0.3, -0.25) is 0 Å². The quantitative estimate of drug-likeness (QED) is 0.785. The van der Waals surface area contributed by atoms with Crippen molar-refractivity contribution in [1.29, 1.82) is 0 Å². The smallest absolute Gasteiger partial charge is 0.338 e. The molecule has 0 fully saturated rings. The fourth-order valence-electron chi connectivity index (χ4n) is 2.31. The standard InChI is InChI=1S/C18H18O6/c1-21-15-8-6-12(10-16(15)22-2)11-5-7-13(17(19)23-3)14(9-11)18(20)24-4/h5-10H,1-4H3. The molecule has 0 atom stereocenters. The van der Waals surface area contributed by atoms with Crippen LogP contribution in [0.15, 0.2) is 36.4 Å². The summed E-state index contributed by atoms with van der Waals surface area (Å²) in [6.07, 6.45) is 0. The molecule has 0 saturated carbocycles. The second-order valence-electron chi connectivity index (χ2n) is 4.81. The number of hydrogen-bond donors (Lipinski definition) is 0. The molecule has 0 amide bonds. The average molecular weight is 330 g/mol. The highest BCUT2D eigenvalue weighted by Gasteiger charge is 2.19.